The highest BCUT2D eigenvalue weighted by Gasteiger charge is 2.29. The maximum atomic E-state index is 13.6. The predicted octanol–water partition coefficient (Wildman–Crippen LogP) is 6.66. The van der Waals surface area contributed by atoms with Crippen LogP contribution in [-0.2, 0) is 16.0 Å². The first kappa shape index (κ1) is 26.6. The molecule has 1 heterocycles. The second kappa shape index (κ2) is 11.7. The number of carbonyl (C=O) groups is 2. The summed E-state index contributed by atoms with van der Waals surface area (Å²) in [5.41, 5.74) is 5.31. The molecular formula is C32H38N2O3. The van der Waals surface area contributed by atoms with Crippen molar-refractivity contribution in [2.24, 2.45) is 17.8 Å². The molecule has 0 radical (unpaired) electrons. The Morgan fingerprint density at radius 2 is 1.62 bits per heavy atom. The lowest BCUT2D eigenvalue weighted by Crippen LogP contribution is -2.39. The number of allylic oxidation sites excluding steroid dienone is 1. The van der Waals surface area contributed by atoms with Crippen molar-refractivity contribution >= 4 is 34.4 Å². The smallest absolute Gasteiger partial charge is 0.339 e. The molecule has 1 amide bonds. The molecular weight excluding hydrogens is 460 g/mol. The quantitative estimate of drug-likeness (QED) is 0.326. The third kappa shape index (κ3) is 6.46. The number of pyridine rings is 1. The van der Waals surface area contributed by atoms with Crippen molar-refractivity contribution in [1.82, 2.24) is 9.88 Å². The van der Waals surface area contributed by atoms with E-state index >= 15 is 0 Å². The van der Waals surface area contributed by atoms with Gasteiger partial charge in [0.25, 0.3) is 5.91 Å². The van der Waals surface area contributed by atoms with Crippen LogP contribution in [0.1, 0.15) is 68.2 Å². The van der Waals surface area contributed by atoms with E-state index in [1.807, 2.05) is 47.4 Å². The van der Waals surface area contributed by atoms with Crippen molar-refractivity contribution in [3.8, 4) is 0 Å². The Labute approximate surface area is 220 Å². The largest absolute Gasteiger partial charge is 0.452 e. The molecule has 37 heavy (non-hydrogen) atoms. The fourth-order valence-corrected chi connectivity index (χ4v) is 5.17. The van der Waals surface area contributed by atoms with E-state index in [9.17, 15) is 9.59 Å². The second-order valence-electron chi connectivity index (χ2n) is 11.1. The first-order valence-electron chi connectivity index (χ1n) is 13.4. The summed E-state index contributed by atoms with van der Waals surface area (Å²) < 4.78 is 5.72. The summed E-state index contributed by atoms with van der Waals surface area (Å²) in [6.07, 6.45) is 3.80. The van der Waals surface area contributed by atoms with Crippen molar-refractivity contribution in [3.63, 3.8) is 0 Å². The van der Waals surface area contributed by atoms with Gasteiger partial charge in [-0.3, -0.25) is 4.79 Å². The average Bonchev–Trinajstić information content (AvgIpc) is 2.85. The van der Waals surface area contributed by atoms with E-state index in [0.717, 1.165) is 46.1 Å². The Morgan fingerprint density at radius 1 is 0.973 bits per heavy atom. The van der Waals surface area contributed by atoms with Gasteiger partial charge < -0.3 is 9.64 Å². The minimum Gasteiger partial charge on any atom is -0.452 e. The third-order valence-electron chi connectivity index (χ3n) is 6.61. The fourth-order valence-electron chi connectivity index (χ4n) is 5.17. The molecule has 0 aliphatic heterocycles. The van der Waals surface area contributed by atoms with Gasteiger partial charge in [0, 0.05) is 18.5 Å². The zero-order valence-electron chi connectivity index (χ0n) is 22.7. The zero-order chi connectivity index (χ0) is 26.5. The molecule has 0 saturated heterocycles. The molecule has 5 nitrogen and oxygen atoms in total. The lowest BCUT2D eigenvalue weighted by atomic mass is 9.80. The molecule has 1 unspecified atom stereocenters. The second-order valence-corrected chi connectivity index (χ2v) is 11.1. The Bertz CT molecular complexity index is 1280. The van der Waals surface area contributed by atoms with Crippen LogP contribution in [-0.4, -0.2) is 41.5 Å². The average molecular weight is 499 g/mol. The van der Waals surface area contributed by atoms with Crippen molar-refractivity contribution in [1.29, 1.82) is 0 Å². The summed E-state index contributed by atoms with van der Waals surface area (Å²) in [6, 6.07) is 17.9. The van der Waals surface area contributed by atoms with Crippen molar-refractivity contribution < 1.29 is 14.3 Å². The minimum atomic E-state index is -0.453. The maximum absolute atomic E-state index is 13.6. The Balaban J connectivity index is 1.70. The van der Waals surface area contributed by atoms with E-state index in [1.165, 1.54) is 0 Å². The van der Waals surface area contributed by atoms with Gasteiger partial charge in [-0.25, -0.2) is 9.78 Å². The van der Waals surface area contributed by atoms with Crippen molar-refractivity contribution in [3.05, 3.63) is 77.0 Å². The Kier molecular flexibility index (Phi) is 8.42. The Hall–Kier alpha value is -3.47. The molecule has 0 saturated carbocycles. The van der Waals surface area contributed by atoms with Crippen LogP contribution in [0.2, 0.25) is 0 Å². The molecule has 2 aromatic carbocycles. The summed E-state index contributed by atoms with van der Waals surface area (Å²) >= 11 is 0. The highest BCUT2D eigenvalue weighted by Crippen LogP contribution is 2.38. The Morgan fingerprint density at radius 3 is 2.30 bits per heavy atom. The number of esters is 1. The van der Waals surface area contributed by atoms with E-state index in [4.69, 9.17) is 9.72 Å². The highest BCUT2D eigenvalue weighted by molar-refractivity contribution is 6.07. The first-order valence-corrected chi connectivity index (χ1v) is 13.4. The SMILES string of the molecule is CC(C)CN(CC(C)C)C(=O)COC(=O)c1c2c(nc3ccccc13)C(=Cc1ccccc1)CC(C)C2. The van der Waals surface area contributed by atoms with Gasteiger partial charge in [0.1, 0.15) is 0 Å². The number of rotatable bonds is 8. The molecule has 1 aromatic heterocycles. The monoisotopic (exact) mass is 498 g/mol. The van der Waals surface area contributed by atoms with E-state index in [2.05, 4.69) is 52.8 Å². The molecule has 1 atom stereocenters. The molecule has 1 aliphatic carbocycles. The van der Waals surface area contributed by atoms with Gasteiger partial charge in [0.2, 0.25) is 0 Å². The van der Waals surface area contributed by atoms with Crippen molar-refractivity contribution in [2.45, 2.75) is 47.5 Å². The van der Waals surface area contributed by atoms with Crippen LogP contribution in [0.4, 0.5) is 0 Å². The zero-order valence-corrected chi connectivity index (χ0v) is 22.7. The number of fused-ring (bicyclic) bond motifs is 2. The van der Waals surface area contributed by atoms with Gasteiger partial charge >= 0.3 is 5.97 Å². The number of aromatic nitrogens is 1. The number of benzene rings is 2. The first-order chi connectivity index (χ1) is 17.7. The number of ether oxygens (including phenoxy) is 1. The van der Waals surface area contributed by atoms with Crippen LogP contribution in [0, 0.1) is 17.8 Å². The lowest BCUT2D eigenvalue weighted by Gasteiger charge is -2.27. The van der Waals surface area contributed by atoms with Crippen LogP contribution in [0.3, 0.4) is 0 Å². The normalized spacial score (nSPS) is 16.3. The summed E-state index contributed by atoms with van der Waals surface area (Å²) in [5, 5.41) is 0.771. The van der Waals surface area contributed by atoms with Crippen LogP contribution >= 0.6 is 0 Å². The van der Waals surface area contributed by atoms with Gasteiger partial charge in [-0.15, -0.1) is 0 Å². The molecule has 0 N–H and O–H groups in total. The molecule has 0 spiro atoms. The molecule has 3 aromatic rings. The molecule has 1 aliphatic rings. The van der Waals surface area contributed by atoms with E-state index in [-0.39, 0.29) is 12.5 Å². The maximum Gasteiger partial charge on any atom is 0.339 e. The van der Waals surface area contributed by atoms with Gasteiger partial charge in [0.15, 0.2) is 6.61 Å². The van der Waals surface area contributed by atoms with Crippen LogP contribution < -0.4 is 0 Å². The standard InChI is InChI=1S/C32H38N2O3/c1-21(2)18-34(19-22(3)4)29(35)20-37-32(36)30-26-13-9-10-14-28(26)33-31-25(15-23(5)16-27(30)31)17-24-11-7-6-8-12-24/h6-14,17,21-23H,15-16,18-20H2,1-5H3. The fraction of sp³-hybridized carbons (Fsp3) is 0.406. The number of nitrogens with zero attached hydrogens (tertiary/aromatic N) is 2. The molecule has 194 valence electrons. The predicted molar refractivity (Wildman–Crippen MR) is 150 cm³/mol. The lowest BCUT2D eigenvalue weighted by molar-refractivity contribution is -0.135. The number of para-hydroxylation sites is 1. The number of carbonyl (C=O) groups excluding carboxylic acids is 2. The van der Waals surface area contributed by atoms with Gasteiger partial charge in [-0.2, -0.15) is 0 Å². The molecule has 4 rings (SSSR count). The summed E-state index contributed by atoms with van der Waals surface area (Å²) in [6.45, 7) is 11.6. The van der Waals surface area contributed by atoms with Crippen LogP contribution in [0.15, 0.2) is 54.6 Å². The van der Waals surface area contributed by atoms with Gasteiger partial charge in [-0.1, -0.05) is 83.1 Å². The van der Waals surface area contributed by atoms with Gasteiger partial charge in [-0.05, 0) is 59.4 Å². The minimum absolute atomic E-state index is 0.152. The molecule has 5 heteroatoms. The van der Waals surface area contributed by atoms with E-state index in [1.54, 1.807) is 0 Å². The highest BCUT2D eigenvalue weighted by atomic mass is 16.5. The van der Waals surface area contributed by atoms with Crippen LogP contribution in [0.25, 0.3) is 22.6 Å². The van der Waals surface area contributed by atoms with E-state index < -0.39 is 5.97 Å². The summed E-state index contributed by atoms with van der Waals surface area (Å²) in [5.74, 6) is 0.425. The summed E-state index contributed by atoms with van der Waals surface area (Å²) in [4.78, 5) is 33.5. The van der Waals surface area contributed by atoms with Crippen molar-refractivity contribution in [2.75, 3.05) is 19.7 Å². The number of hydrogen-bond acceptors (Lipinski definition) is 4. The van der Waals surface area contributed by atoms with Gasteiger partial charge in [0.05, 0.1) is 16.8 Å². The number of amides is 1. The summed E-state index contributed by atoms with van der Waals surface area (Å²) in [7, 11) is 0. The van der Waals surface area contributed by atoms with E-state index in [0.29, 0.717) is 36.4 Å². The van der Waals surface area contributed by atoms with Crippen LogP contribution in [0.5, 0.6) is 0 Å². The topological polar surface area (TPSA) is 59.5 Å². The molecule has 0 fully saturated rings. The molecule has 0 bridgehead atoms. The number of hydrogen-bond donors (Lipinski definition) is 0. The third-order valence-corrected chi connectivity index (χ3v) is 6.61.